The van der Waals surface area contributed by atoms with E-state index in [9.17, 15) is 0 Å². The topological polar surface area (TPSA) is 24.9 Å². The fourth-order valence-corrected chi connectivity index (χ4v) is 3.50. The van der Waals surface area contributed by atoms with E-state index in [4.69, 9.17) is 4.98 Å². The van der Waals surface area contributed by atoms with Crippen LogP contribution < -0.4 is 5.32 Å². The fourth-order valence-electron chi connectivity index (χ4n) is 2.44. The second-order valence-electron chi connectivity index (χ2n) is 5.02. The van der Waals surface area contributed by atoms with E-state index in [2.05, 4.69) is 61.6 Å². The normalized spacial score (nSPS) is 12.8. The molecule has 1 heterocycles. The number of thiazole rings is 1. The van der Waals surface area contributed by atoms with Crippen molar-refractivity contribution >= 4 is 22.1 Å². The van der Waals surface area contributed by atoms with E-state index < -0.39 is 0 Å². The second kappa shape index (κ2) is 5.35. The highest BCUT2D eigenvalue weighted by Gasteiger charge is 2.17. The SMILES string of the molecule is CNC(c1ccc2ccccc2c1)c1nc(C)c(C)s1. The zero-order valence-corrected chi connectivity index (χ0v) is 12.8. The minimum atomic E-state index is 0.164. The van der Waals surface area contributed by atoms with Crippen LogP contribution in [0.2, 0.25) is 0 Å². The van der Waals surface area contributed by atoms with Crippen molar-refractivity contribution in [1.29, 1.82) is 0 Å². The summed E-state index contributed by atoms with van der Waals surface area (Å²) in [5.41, 5.74) is 2.39. The van der Waals surface area contributed by atoms with Crippen LogP contribution in [0.25, 0.3) is 10.8 Å². The van der Waals surface area contributed by atoms with Crippen LogP contribution in [0.1, 0.15) is 27.2 Å². The van der Waals surface area contributed by atoms with Crippen molar-refractivity contribution < 1.29 is 0 Å². The van der Waals surface area contributed by atoms with E-state index in [-0.39, 0.29) is 6.04 Å². The van der Waals surface area contributed by atoms with Crippen LogP contribution in [0.3, 0.4) is 0 Å². The highest BCUT2D eigenvalue weighted by molar-refractivity contribution is 7.11. The van der Waals surface area contributed by atoms with E-state index in [1.807, 2.05) is 7.05 Å². The van der Waals surface area contributed by atoms with Crippen molar-refractivity contribution in [1.82, 2.24) is 10.3 Å². The standard InChI is InChI=1S/C17H18N2S/c1-11-12(2)20-17(19-11)16(18-3)15-9-8-13-6-4-5-7-14(13)10-15/h4-10,16,18H,1-3H3. The van der Waals surface area contributed by atoms with Crippen molar-refractivity contribution in [3.8, 4) is 0 Å². The summed E-state index contributed by atoms with van der Waals surface area (Å²) in [5, 5.41) is 7.07. The number of aromatic nitrogens is 1. The average Bonchev–Trinajstić information content (AvgIpc) is 2.79. The lowest BCUT2D eigenvalue weighted by Crippen LogP contribution is -2.17. The summed E-state index contributed by atoms with van der Waals surface area (Å²) in [5.74, 6) is 0. The Labute approximate surface area is 123 Å². The van der Waals surface area contributed by atoms with Crippen LogP contribution in [-0.4, -0.2) is 12.0 Å². The van der Waals surface area contributed by atoms with Crippen molar-refractivity contribution in [3.63, 3.8) is 0 Å². The first-order valence-electron chi connectivity index (χ1n) is 6.79. The Morgan fingerprint density at radius 3 is 2.45 bits per heavy atom. The highest BCUT2D eigenvalue weighted by atomic mass is 32.1. The van der Waals surface area contributed by atoms with Crippen molar-refractivity contribution in [3.05, 3.63) is 63.6 Å². The van der Waals surface area contributed by atoms with Gasteiger partial charge in [-0.25, -0.2) is 4.98 Å². The molecule has 3 aromatic rings. The molecule has 0 bridgehead atoms. The minimum absolute atomic E-state index is 0.164. The van der Waals surface area contributed by atoms with Crippen LogP contribution in [0.4, 0.5) is 0 Å². The zero-order chi connectivity index (χ0) is 14.1. The third kappa shape index (κ3) is 2.35. The molecule has 0 saturated heterocycles. The molecule has 2 nitrogen and oxygen atoms in total. The third-order valence-corrected chi connectivity index (χ3v) is 4.83. The molecule has 0 aliphatic heterocycles. The fraction of sp³-hybridized carbons (Fsp3) is 0.235. The maximum absolute atomic E-state index is 4.69. The van der Waals surface area contributed by atoms with Gasteiger partial charge in [0.1, 0.15) is 5.01 Å². The van der Waals surface area contributed by atoms with Crippen LogP contribution >= 0.6 is 11.3 Å². The van der Waals surface area contributed by atoms with Gasteiger partial charge < -0.3 is 5.32 Å². The highest BCUT2D eigenvalue weighted by Crippen LogP contribution is 2.29. The van der Waals surface area contributed by atoms with Gasteiger partial charge in [0.15, 0.2) is 0 Å². The van der Waals surface area contributed by atoms with Crippen LogP contribution in [0.15, 0.2) is 42.5 Å². The first-order valence-corrected chi connectivity index (χ1v) is 7.60. The molecular formula is C17H18N2S. The molecule has 0 aliphatic rings. The monoisotopic (exact) mass is 282 g/mol. The Kier molecular flexibility index (Phi) is 3.55. The first-order chi connectivity index (χ1) is 9.69. The molecule has 1 unspecified atom stereocenters. The van der Waals surface area contributed by atoms with Crippen LogP contribution in [0, 0.1) is 13.8 Å². The Bertz CT molecular complexity index is 726. The van der Waals surface area contributed by atoms with Gasteiger partial charge in [-0.3, -0.25) is 0 Å². The molecule has 0 spiro atoms. The molecule has 0 amide bonds. The van der Waals surface area contributed by atoms with Crippen molar-refractivity contribution in [2.24, 2.45) is 0 Å². The number of hydrogen-bond donors (Lipinski definition) is 1. The molecule has 20 heavy (non-hydrogen) atoms. The largest absolute Gasteiger partial charge is 0.307 e. The number of hydrogen-bond acceptors (Lipinski definition) is 3. The van der Waals surface area contributed by atoms with Gasteiger partial charge in [0.05, 0.1) is 11.7 Å². The summed E-state index contributed by atoms with van der Waals surface area (Å²) in [7, 11) is 1.99. The maximum Gasteiger partial charge on any atom is 0.115 e. The second-order valence-corrected chi connectivity index (χ2v) is 6.26. The van der Waals surface area contributed by atoms with E-state index in [1.54, 1.807) is 11.3 Å². The van der Waals surface area contributed by atoms with Gasteiger partial charge in [0.2, 0.25) is 0 Å². The Hall–Kier alpha value is -1.71. The molecule has 3 heteroatoms. The number of fused-ring (bicyclic) bond motifs is 1. The quantitative estimate of drug-likeness (QED) is 0.778. The van der Waals surface area contributed by atoms with Gasteiger partial charge in [-0.1, -0.05) is 36.4 Å². The minimum Gasteiger partial charge on any atom is -0.307 e. The molecule has 0 fully saturated rings. The molecule has 1 aromatic heterocycles. The molecule has 102 valence electrons. The van der Waals surface area contributed by atoms with E-state index >= 15 is 0 Å². The maximum atomic E-state index is 4.69. The number of nitrogens with one attached hydrogen (secondary N) is 1. The average molecular weight is 282 g/mol. The van der Waals surface area contributed by atoms with E-state index in [0.29, 0.717) is 0 Å². The summed E-state index contributed by atoms with van der Waals surface area (Å²) < 4.78 is 0. The van der Waals surface area contributed by atoms with Gasteiger partial charge in [-0.05, 0) is 43.3 Å². The summed E-state index contributed by atoms with van der Waals surface area (Å²) in [6.45, 7) is 4.20. The zero-order valence-electron chi connectivity index (χ0n) is 12.0. The van der Waals surface area contributed by atoms with Gasteiger partial charge in [-0.2, -0.15) is 0 Å². The molecule has 0 aliphatic carbocycles. The molecule has 3 rings (SSSR count). The lowest BCUT2D eigenvalue weighted by atomic mass is 10.0. The van der Waals surface area contributed by atoms with Crippen LogP contribution in [-0.2, 0) is 0 Å². The molecular weight excluding hydrogens is 264 g/mol. The number of nitrogens with zero attached hydrogens (tertiary/aromatic N) is 1. The van der Waals surface area contributed by atoms with Gasteiger partial charge in [0.25, 0.3) is 0 Å². The summed E-state index contributed by atoms with van der Waals surface area (Å²) in [6, 6.07) is 15.2. The first kappa shape index (κ1) is 13.3. The molecule has 0 radical (unpaired) electrons. The number of benzene rings is 2. The summed E-state index contributed by atoms with van der Waals surface area (Å²) in [4.78, 5) is 5.99. The number of aryl methyl sites for hydroxylation is 2. The smallest absolute Gasteiger partial charge is 0.115 e. The predicted octanol–water partition coefficient (Wildman–Crippen LogP) is 4.22. The summed E-state index contributed by atoms with van der Waals surface area (Å²) in [6.07, 6.45) is 0. The van der Waals surface area contributed by atoms with E-state index in [0.717, 1.165) is 10.7 Å². The van der Waals surface area contributed by atoms with Crippen LogP contribution in [0.5, 0.6) is 0 Å². The molecule has 1 N–H and O–H groups in total. The van der Waals surface area contributed by atoms with Gasteiger partial charge >= 0.3 is 0 Å². The Morgan fingerprint density at radius 2 is 1.80 bits per heavy atom. The lowest BCUT2D eigenvalue weighted by Gasteiger charge is -2.14. The predicted molar refractivity (Wildman–Crippen MR) is 86.4 cm³/mol. The Morgan fingerprint density at radius 1 is 1.05 bits per heavy atom. The lowest BCUT2D eigenvalue weighted by molar-refractivity contribution is 0.685. The Balaban J connectivity index is 2.06. The molecule has 0 saturated carbocycles. The third-order valence-electron chi connectivity index (χ3n) is 3.69. The molecule has 2 aromatic carbocycles. The molecule has 1 atom stereocenters. The van der Waals surface area contributed by atoms with Gasteiger partial charge in [0, 0.05) is 4.88 Å². The van der Waals surface area contributed by atoms with Crippen molar-refractivity contribution in [2.75, 3.05) is 7.05 Å². The van der Waals surface area contributed by atoms with Gasteiger partial charge in [-0.15, -0.1) is 11.3 Å². The van der Waals surface area contributed by atoms with Crippen molar-refractivity contribution in [2.45, 2.75) is 19.9 Å². The number of rotatable bonds is 3. The summed E-state index contributed by atoms with van der Waals surface area (Å²) >= 11 is 1.77. The van der Waals surface area contributed by atoms with E-state index in [1.165, 1.54) is 21.2 Å².